The zero-order chi connectivity index (χ0) is 13.4. The standard InChI is InChI=1S/C15H10N2O2/c1-9-3-4-10(6-14(9)18)13-7-12(16-2)5-11-8-17-19-15(11)13/h3-8,18H,1H3. The third-order valence-corrected chi connectivity index (χ3v) is 3.09. The Morgan fingerprint density at radius 1 is 1.26 bits per heavy atom. The Labute approximate surface area is 109 Å². The van der Waals surface area contributed by atoms with Crippen molar-refractivity contribution in [1.82, 2.24) is 5.16 Å². The van der Waals surface area contributed by atoms with Crippen LogP contribution in [0.2, 0.25) is 0 Å². The van der Waals surface area contributed by atoms with Gasteiger partial charge in [-0.2, -0.15) is 0 Å². The number of benzene rings is 2. The van der Waals surface area contributed by atoms with Gasteiger partial charge in [-0.1, -0.05) is 17.3 Å². The van der Waals surface area contributed by atoms with Crippen LogP contribution >= 0.6 is 0 Å². The van der Waals surface area contributed by atoms with Crippen molar-refractivity contribution in [3.63, 3.8) is 0 Å². The van der Waals surface area contributed by atoms with Gasteiger partial charge < -0.3 is 9.63 Å². The number of aryl methyl sites for hydroxylation is 1. The predicted molar refractivity (Wildman–Crippen MR) is 72.1 cm³/mol. The van der Waals surface area contributed by atoms with E-state index in [1.165, 1.54) is 0 Å². The molecule has 0 saturated heterocycles. The minimum absolute atomic E-state index is 0.221. The summed E-state index contributed by atoms with van der Waals surface area (Å²) in [7, 11) is 0. The molecule has 4 heteroatoms. The van der Waals surface area contributed by atoms with E-state index in [9.17, 15) is 5.11 Å². The third-order valence-electron chi connectivity index (χ3n) is 3.09. The minimum Gasteiger partial charge on any atom is -0.508 e. The average Bonchev–Trinajstić information content (AvgIpc) is 2.89. The number of phenolic OH excluding ortho intramolecular Hbond substituents is 1. The van der Waals surface area contributed by atoms with Crippen molar-refractivity contribution in [2.75, 3.05) is 0 Å². The maximum absolute atomic E-state index is 9.80. The zero-order valence-corrected chi connectivity index (χ0v) is 10.2. The molecule has 92 valence electrons. The molecule has 4 nitrogen and oxygen atoms in total. The van der Waals surface area contributed by atoms with Crippen LogP contribution in [-0.4, -0.2) is 10.3 Å². The van der Waals surface area contributed by atoms with E-state index in [0.717, 1.165) is 22.1 Å². The Kier molecular flexibility index (Phi) is 2.46. The van der Waals surface area contributed by atoms with Crippen LogP contribution < -0.4 is 0 Å². The molecule has 1 aromatic heterocycles. The molecule has 0 radical (unpaired) electrons. The van der Waals surface area contributed by atoms with Crippen molar-refractivity contribution in [2.45, 2.75) is 6.92 Å². The summed E-state index contributed by atoms with van der Waals surface area (Å²) in [5.74, 6) is 0.221. The minimum atomic E-state index is 0.221. The molecule has 0 atom stereocenters. The maximum Gasteiger partial charge on any atom is 0.188 e. The summed E-state index contributed by atoms with van der Waals surface area (Å²) >= 11 is 0. The molecule has 1 N–H and O–H groups in total. The van der Waals surface area contributed by atoms with Gasteiger partial charge in [-0.3, -0.25) is 0 Å². The van der Waals surface area contributed by atoms with Crippen LogP contribution in [0.15, 0.2) is 41.1 Å². The number of rotatable bonds is 1. The molecule has 2 aromatic carbocycles. The van der Waals surface area contributed by atoms with Gasteiger partial charge >= 0.3 is 0 Å². The molecular formula is C15H10N2O2. The molecule has 0 fully saturated rings. The first-order chi connectivity index (χ1) is 9.19. The summed E-state index contributed by atoms with van der Waals surface area (Å²) in [6.07, 6.45) is 1.58. The lowest BCUT2D eigenvalue weighted by Gasteiger charge is -2.05. The van der Waals surface area contributed by atoms with E-state index in [4.69, 9.17) is 11.1 Å². The molecule has 0 saturated carbocycles. The van der Waals surface area contributed by atoms with E-state index in [1.807, 2.05) is 19.1 Å². The summed E-state index contributed by atoms with van der Waals surface area (Å²) in [4.78, 5) is 3.44. The van der Waals surface area contributed by atoms with Gasteiger partial charge in [0.2, 0.25) is 0 Å². The molecule has 0 aliphatic rings. The molecule has 0 unspecified atom stereocenters. The van der Waals surface area contributed by atoms with Crippen LogP contribution in [0.3, 0.4) is 0 Å². The lowest BCUT2D eigenvalue weighted by atomic mass is 10.0. The van der Waals surface area contributed by atoms with Gasteiger partial charge in [-0.15, -0.1) is 0 Å². The van der Waals surface area contributed by atoms with E-state index < -0.39 is 0 Å². The second-order valence-electron chi connectivity index (χ2n) is 4.35. The van der Waals surface area contributed by atoms with Crippen LogP contribution in [0.4, 0.5) is 5.69 Å². The Morgan fingerprint density at radius 2 is 2.11 bits per heavy atom. The smallest absolute Gasteiger partial charge is 0.188 e. The quantitative estimate of drug-likeness (QED) is 0.662. The lowest BCUT2D eigenvalue weighted by Crippen LogP contribution is -1.81. The second kappa shape index (κ2) is 4.14. The summed E-state index contributed by atoms with van der Waals surface area (Å²) in [5, 5.41) is 14.3. The predicted octanol–water partition coefficient (Wildman–Crippen LogP) is 4.06. The maximum atomic E-state index is 9.80. The number of aromatic hydroxyl groups is 1. The number of hydrogen-bond acceptors (Lipinski definition) is 3. The number of aromatic nitrogens is 1. The van der Waals surface area contributed by atoms with Crippen LogP contribution in [0.25, 0.3) is 26.9 Å². The SMILES string of the molecule is [C-]#[N+]c1cc(-c2ccc(C)c(O)c2)c2oncc2c1. The molecule has 1 heterocycles. The van der Waals surface area contributed by atoms with Gasteiger partial charge in [-0.05, 0) is 36.2 Å². The molecule has 0 aliphatic heterocycles. The van der Waals surface area contributed by atoms with Crippen LogP contribution in [0, 0.1) is 13.5 Å². The fourth-order valence-corrected chi connectivity index (χ4v) is 2.02. The summed E-state index contributed by atoms with van der Waals surface area (Å²) in [5.41, 5.74) is 3.51. The molecule has 0 aliphatic carbocycles. The molecular weight excluding hydrogens is 240 g/mol. The first kappa shape index (κ1) is 11.3. The largest absolute Gasteiger partial charge is 0.508 e. The Morgan fingerprint density at radius 3 is 2.84 bits per heavy atom. The lowest BCUT2D eigenvalue weighted by molar-refractivity contribution is 0.457. The van der Waals surface area contributed by atoms with Crippen molar-refractivity contribution < 1.29 is 9.63 Å². The first-order valence-corrected chi connectivity index (χ1v) is 5.75. The fourth-order valence-electron chi connectivity index (χ4n) is 2.02. The Hall–Kier alpha value is -2.80. The van der Waals surface area contributed by atoms with Crippen LogP contribution in [-0.2, 0) is 0 Å². The van der Waals surface area contributed by atoms with E-state index in [2.05, 4.69) is 10.0 Å². The van der Waals surface area contributed by atoms with Crippen molar-refractivity contribution in [3.8, 4) is 16.9 Å². The second-order valence-corrected chi connectivity index (χ2v) is 4.35. The van der Waals surface area contributed by atoms with Crippen LogP contribution in [0.1, 0.15) is 5.56 Å². The fraction of sp³-hybridized carbons (Fsp3) is 0.0667. The van der Waals surface area contributed by atoms with Gasteiger partial charge in [0, 0.05) is 10.9 Å². The number of phenols is 1. The summed E-state index contributed by atoms with van der Waals surface area (Å²) in [6, 6.07) is 8.86. The molecule has 3 rings (SSSR count). The highest BCUT2D eigenvalue weighted by atomic mass is 16.5. The molecule has 0 spiro atoms. The van der Waals surface area contributed by atoms with Gasteiger partial charge in [0.25, 0.3) is 0 Å². The van der Waals surface area contributed by atoms with E-state index >= 15 is 0 Å². The summed E-state index contributed by atoms with van der Waals surface area (Å²) in [6.45, 7) is 8.96. The number of hydrogen-bond donors (Lipinski definition) is 1. The van der Waals surface area contributed by atoms with Crippen LogP contribution in [0.5, 0.6) is 5.75 Å². The highest BCUT2D eigenvalue weighted by molar-refractivity contribution is 5.95. The van der Waals surface area contributed by atoms with Gasteiger partial charge in [-0.25, -0.2) is 4.85 Å². The topological polar surface area (TPSA) is 50.6 Å². The molecule has 0 amide bonds. The summed E-state index contributed by atoms with van der Waals surface area (Å²) < 4.78 is 5.24. The Bertz CT molecular complexity index is 813. The van der Waals surface area contributed by atoms with Crippen molar-refractivity contribution in [2.24, 2.45) is 0 Å². The number of nitrogens with zero attached hydrogens (tertiary/aromatic N) is 2. The first-order valence-electron chi connectivity index (χ1n) is 5.75. The third kappa shape index (κ3) is 1.81. The highest BCUT2D eigenvalue weighted by Gasteiger charge is 2.11. The van der Waals surface area contributed by atoms with E-state index in [-0.39, 0.29) is 5.75 Å². The highest BCUT2D eigenvalue weighted by Crippen LogP contribution is 2.35. The van der Waals surface area contributed by atoms with Crippen molar-refractivity contribution in [1.29, 1.82) is 0 Å². The van der Waals surface area contributed by atoms with E-state index in [0.29, 0.717) is 11.3 Å². The monoisotopic (exact) mass is 250 g/mol. The van der Waals surface area contributed by atoms with Crippen molar-refractivity contribution in [3.05, 3.63) is 53.5 Å². The zero-order valence-electron chi connectivity index (χ0n) is 10.2. The Balaban J connectivity index is 2.31. The van der Waals surface area contributed by atoms with Gasteiger partial charge in [0.1, 0.15) is 5.75 Å². The number of fused-ring (bicyclic) bond motifs is 1. The normalized spacial score (nSPS) is 10.5. The molecule has 3 aromatic rings. The average molecular weight is 250 g/mol. The molecule has 19 heavy (non-hydrogen) atoms. The molecule has 0 bridgehead atoms. The van der Waals surface area contributed by atoms with Gasteiger partial charge in [0.15, 0.2) is 11.3 Å². The van der Waals surface area contributed by atoms with Gasteiger partial charge in [0.05, 0.1) is 12.8 Å². The van der Waals surface area contributed by atoms with E-state index in [1.54, 1.807) is 24.4 Å². The van der Waals surface area contributed by atoms with Crippen molar-refractivity contribution >= 4 is 16.7 Å².